The SMILES string of the molecule is CCN(CC)CCNc1nc(C(=O)OC)c(C)s1. The number of aryl methyl sites for hydroxylation is 1. The molecule has 0 aromatic carbocycles. The Morgan fingerprint density at radius 1 is 1.44 bits per heavy atom. The molecule has 18 heavy (non-hydrogen) atoms. The van der Waals surface area contributed by atoms with Crippen molar-refractivity contribution in [2.75, 3.05) is 38.6 Å². The minimum atomic E-state index is -0.374. The van der Waals surface area contributed by atoms with E-state index in [1.165, 1.54) is 18.4 Å². The van der Waals surface area contributed by atoms with Crippen molar-refractivity contribution in [2.45, 2.75) is 20.8 Å². The van der Waals surface area contributed by atoms with Crippen molar-refractivity contribution < 1.29 is 9.53 Å². The number of thiazole rings is 1. The summed E-state index contributed by atoms with van der Waals surface area (Å²) in [6, 6.07) is 0. The Morgan fingerprint density at radius 2 is 2.11 bits per heavy atom. The summed E-state index contributed by atoms with van der Waals surface area (Å²) in [7, 11) is 1.37. The van der Waals surface area contributed by atoms with Crippen molar-refractivity contribution in [2.24, 2.45) is 0 Å². The van der Waals surface area contributed by atoms with Crippen LogP contribution in [0.2, 0.25) is 0 Å². The number of nitrogens with one attached hydrogen (secondary N) is 1. The Kier molecular flexibility index (Phi) is 6.07. The number of rotatable bonds is 7. The van der Waals surface area contributed by atoms with Gasteiger partial charge in [-0.3, -0.25) is 0 Å². The third-order valence-electron chi connectivity index (χ3n) is 2.77. The van der Waals surface area contributed by atoms with Crippen molar-refractivity contribution >= 4 is 22.4 Å². The van der Waals surface area contributed by atoms with Crippen molar-refractivity contribution in [3.8, 4) is 0 Å². The molecular weight excluding hydrogens is 250 g/mol. The van der Waals surface area contributed by atoms with Crippen molar-refractivity contribution in [1.82, 2.24) is 9.88 Å². The summed E-state index contributed by atoms with van der Waals surface area (Å²) in [6.07, 6.45) is 0. The second-order valence-corrected chi connectivity index (χ2v) is 5.07. The maximum atomic E-state index is 11.4. The summed E-state index contributed by atoms with van der Waals surface area (Å²) < 4.78 is 4.68. The summed E-state index contributed by atoms with van der Waals surface area (Å²) in [5.41, 5.74) is 0.410. The molecule has 0 spiro atoms. The highest BCUT2D eigenvalue weighted by Gasteiger charge is 2.15. The Bertz CT molecular complexity index is 389. The maximum absolute atomic E-state index is 11.4. The molecule has 1 aromatic rings. The molecule has 6 heteroatoms. The molecule has 1 N–H and O–H groups in total. The Morgan fingerprint density at radius 3 is 2.67 bits per heavy atom. The quantitative estimate of drug-likeness (QED) is 0.769. The molecule has 5 nitrogen and oxygen atoms in total. The fraction of sp³-hybridized carbons (Fsp3) is 0.667. The third-order valence-corrected chi connectivity index (χ3v) is 3.70. The van der Waals surface area contributed by atoms with E-state index in [0.29, 0.717) is 5.69 Å². The molecule has 102 valence electrons. The van der Waals surface area contributed by atoms with Crippen molar-refractivity contribution in [3.63, 3.8) is 0 Å². The zero-order valence-electron chi connectivity index (χ0n) is 11.4. The highest BCUT2D eigenvalue weighted by atomic mass is 32.1. The van der Waals surface area contributed by atoms with E-state index in [1.54, 1.807) is 0 Å². The van der Waals surface area contributed by atoms with Crippen LogP contribution in [0.25, 0.3) is 0 Å². The number of hydrogen-bond donors (Lipinski definition) is 1. The van der Waals surface area contributed by atoms with Crippen LogP contribution >= 0.6 is 11.3 Å². The van der Waals surface area contributed by atoms with Crippen LogP contribution in [-0.4, -0.2) is 49.1 Å². The first-order chi connectivity index (χ1) is 8.62. The molecule has 0 atom stereocenters. The monoisotopic (exact) mass is 271 g/mol. The second-order valence-electron chi connectivity index (χ2n) is 3.87. The number of esters is 1. The Labute approximate surface area is 112 Å². The molecule has 0 aliphatic heterocycles. The van der Waals surface area contributed by atoms with Gasteiger partial charge in [-0.15, -0.1) is 11.3 Å². The number of ether oxygens (including phenoxy) is 1. The Balaban J connectivity index is 2.51. The van der Waals surface area contributed by atoms with E-state index in [1.807, 2.05) is 6.92 Å². The summed E-state index contributed by atoms with van der Waals surface area (Å²) in [6.45, 7) is 10.1. The van der Waals surface area contributed by atoms with Crippen LogP contribution in [0, 0.1) is 6.92 Å². The molecule has 1 aromatic heterocycles. The molecule has 0 radical (unpaired) electrons. The standard InChI is InChI=1S/C12H21N3O2S/c1-5-15(6-2)8-7-13-12-14-10(9(3)18-12)11(16)17-4/h5-8H2,1-4H3,(H,13,14). The molecule has 1 rings (SSSR count). The van der Waals surface area contributed by atoms with Crippen molar-refractivity contribution in [1.29, 1.82) is 0 Å². The zero-order valence-corrected chi connectivity index (χ0v) is 12.3. The number of hydrogen-bond acceptors (Lipinski definition) is 6. The number of aromatic nitrogens is 1. The number of carbonyl (C=O) groups is 1. The lowest BCUT2D eigenvalue weighted by Gasteiger charge is -2.17. The molecular formula is C12H21N3O2S. The average molecular weight is 271 g/mol. The fourth-order valence-electron chi connectivity index (χ4n) is 1.62. The molecule has 0 fully saturated rings. The summed E-state index contributed by atoms with van der Waals surface area (Å²) in [5, 5.41) is 4.02. The first kappa shape index (κ1) is 14.9. The van der Waals surface area contributed by atoms with Crippen LogP contribution in [-0.2, 0) is 4.74 Å². The second kappa shape index (κ2) is 7.33. The third kappa shape index (κ3) is 3.96. The van der Waals surface area contributed by atoms with Gasteiger partial charge in [0, 0.05) is 18.0 Å². The molecule has 0 unspecified atom stereocenters. The largest absolute Gasteiger partial charge is 0.464 e. The van der Waals surface area contributed by atoms with E-state index in [2.05, 4.69) is 33.8 Å². The average Bonchev–Trinajstić information content (AvgIpc) is 2.75. The smallest absolute Gasteiger partial charge is 0.357 e. The molecule has 0 saturated heterocycles. The predicted octanol–water partition coefficient (Wildman–Crippen LogP) is 1.99. The van der Waals surface area contributed by atoms with Gasteiger partial charge in [-0.2, -0.15) is 0 Å². The van der Waals surface area contributed by atoms with Gasteiger partial charge in [0.1, 0.15) is 0 Å². The number of methoxy groups -OCH3 is 1. The molecule has 1 heterocycles. The van der Waals surface area contributed by atoms with E-state index >= 15 is 0 Å². The van der Waals surface area contributed by atoms with Gasteiger partial charge in [-0.05, 0) is 20.0 Å². The normalized spacial score (nSPS) is 10.7. The van der Waals surface area contributed by atoms with E-state index in [0.717, 1.165) is 36.2 Å². The number of likely N-dealkylation sites (N-methyl/N-ethyl adjacent to an activating group) is 1. The van der Waals surface area contributed by atoms with Crippen LogP contribution in [0.1, 0.15) is 29.2 Å². The lowest BCUT2D eigenvalue weighted by Crippen LogP contribution is -2.28. The molecule has 0 amide bonds. The van der Waals surface area contributed by atoms with Gasteiger partial charge in [0.15, 0.2) is 10.8 Å². The van der Waals surface area contributed by atoms with Crippen LogP contribution in [0.15, 0.2) is 0 Å². The predicted molar refractivity (Wildman–Crippen MR) is 74.5 cm³/mol. The van der Waals surface area contributed by atoms with Gasteiger partial charge in [-0.1, -0.05) is 13.8 Å². The minimum Gasteiger partial charge on any atom is -0.464 e. The van der Waals surface area contributed by atoms with Gasteiger partial charge >= 0.3 is 5.97 Å². The molecule has 0 aliphatic rings. The number of anilines is 1. The maximum Gasteiger partial charge on any atom is 0.357 e. The topological polar surface area (TPSA) is 54.5 Å². The van der Waals surface area contributed by atoms with Crippen molar-refractivity contribution in [3.05, 3.63) is 10.6 Å². The van der Waals surface area contributed by atoms with Gasteiger partial charge in [0.2, 0.25) is 0 Å². The van der Waals surface area contributed by atoms with Gasteiger partial charge in [0.25, 0.3) is 0 Å². The van der Waals surface area contributed by atoms with Crippen LogP contribution in [0.3, 0.4) is 0 Å². The first-order valence-corrected chi connectivity index (χ1v) is 6.95. The fourth-order valence-corrected chi connectivity index (χ4v) is 2.45. The molecule has 0 bridgehead atoms. The van der Waals surface area contributed by atoms with Gasteiger partial charge < -0.3 is 15.0 Å². The zero-order chi connectivity index (χ0) is 13.5. The van der Waals surface area contributed by atoms with Crippen LogP contribution in [0.5, 0.6) is 0 Å². The van der Waals surface area contributed by atoms with Gasteiger partial charge in [0.05, 0.1) is 7.11 Å². The van der Waals surface area contributed by atoms with Gasteiger partial charge in [-0.25, -0.2) is 9.78 Å². The summed E-state index contributed by atoms with van der Waals surface area (Å²) in [4.78, 5) is 18.9. The lowest BCUT2D eigenvalue weighted by molar-refractivity contribution is 0.0594. The molecule has 0 saturated carbocycles. The van der Waals surface area contributed by atoms with E-state index in [-0.39, 0.29) is 5.97 Å². The number of nitrogens with zero attached hydrogens (tertiary/aromatic N) is 2. The van der Waals surface area contributed by atoms with Crippen LogP contribution in [0.4, 0.5) is 5.13 Å². The van der Waals surface area contributed by atoms with Crippen LogP contribution < -0.4 is 5.32 Å². The van der Waals surface area contributed by atoms with E-state index < -0.39 is 0 Å². The van der Waals surface area contributed by atoms with E-state index in [4.69, 9.17) is 0 Å². The van der Waals surface area contributed by atoms with E-state index in [9.17, 15) is 4.79 Å². The summed E-state index contributed by atoms with van der Waals surface area (Å²) >= 11 is 1.48. The Hall–Kier alpha value is -1.14. The summed E-state index contributed by atoms with van der Waals surface area (Å²) in [5.74, 6) is -0.374. The lowest BCUT2D eigenvalue weighted by atomic mass is 10.4. The minimum absolute atomic E-state index is 0.374. The highest BCUT2D eigenvalue weighted by molar-refractivity contribution is 7.15. The highest BCUT2D eigenvalue weighted by Crippen LogP contribution is 2.22. The first-order valence-electron chi connectivity index (χ1n) is 6.14. The molecule has 0 aliphatic carbocycles. The number of carbonyl (C=O) groups excluding carboxylic acids is 1.